The summed E-state index contributed by atoms with van der Waals surface area (Å²) < 4.78 is 3.27. The van der Waals surface area contributed by atoms with Crippen LogP contribution in [0.3, 0.4) is 0 Å². The minimum atomic E-state index is -0.570. The monoisotopic (exact) mass is 312 g/mol. The maximum atomic E-state index is 2.33. The Morgan fingerprint density at radius 2 is 1.53 bits per heavy atom. The maximum absolute atomic E-state index is 2.33. The summed E-state index contributed by atoms with van der Waals surface area (Å²) in [5.41, 5.74) is 0. The van der Waals surface area contributed by atoms with Gasteiger partial charge in [0.25, 0.3) is 0 Å². The van der Waals surface area contributed by atoms with Crippen molar-refractivity contribution in [2.45, 2.75) is 49.9 Å². The van der Waals surface area contributed by atoms with Crippen molar-refractivity contribution >= 4 is 24.7 Å². The Morgan fingerprint density at radius 1 is 0.867 bits per heavy atom. The van der Waals surface area contributed by atoms with Gasteiger partial charge in [0.15, 0.2) is 0 Å². The summed E-state index contributed by atoms with van der Waals surface area (Å²) in [6.45, 7) is 2.28. The molecule has 0 aromatic heterocycles. The summed E-state index contributed by atoms with van der Waals surface area (Å²) in [4.78, 5) is 0. The molecule has 0 nitrogen and oxygen atoms in total. The molecule has 0 aliphatic heterocycles. The quantitative estimate of drug-likeness (QED) is 0.511. The van der Waals surface area contributed by atoms with Crippen LogP contribution in [0, 0.1) is 0 Å². The molecule has 0 spiro atoms. The second kappa shape index (κ2) is 9.26. The van der Waals surface area contributed by atoms with Crippen LogP contribution in [-0.4, -0.2) is 21.1 Å². The van der Waals surface area contributed by atoms with Crippen LogP contribution in [0.4, 0.5) is 0 Å². The number of benzene rings is 1. The summed E-state index contributed by atoms with van der Waals surface area (Å²) in [5, 5.41) is 0. The molecule has 0 saturated carbocycles. The van der Waals surface area contributed by atoms with Gasteiger partial charge >= 0.3 is 105 Å². The standard InChI is InChI=1S/C8H17.C6H5.Sn.2H/c1-3-5-7-8-6-4-2;1-2-4-6-5-3-1;;;/h1,3-8H2,2H3;1-5H;;;. The fourth-order valence-electron chi connectivity index (χ4n) is 1.93. The molecule has 15 heavy (non-hydrogen) atoms. The summed E-state index contributed by atoms with van der Waals surface area (Å²) in [6.07, 6.45) is 8.69. The van der Waals surface area contributed by atoms with Crippen molar-refractivity contribution in [2.75, 3.05) is 0 Å². The normalized spacial score (nSPS) is 11.3. The first kappa shape index (κ1) is 13.1. The molecule has 0 N–H and O–H groups in total. The van der Waals surface area contributed by atoms with Crippen molar-refractivity contribution in [3.63, 3.8) is 0 Å². The zero-order valence-electron chi connectivity index (χ0n) is 10.0. The summed E-state index contributed by atoms with van der Waals surface area (Å²) in [7, 11) is 0. The van der Waals surface area contributed by atoms with Gasteiger partial charge < -0.3 is 0 Å². The van der Waals surface area contributed by atoms with Gasteiger partial charge in [0, 0.05) is 0 Å². The molecular formula is C14H24Sn. The average molecular weight is 311 g/mol. The second-order valence-electron chi connectivity index (χ2n) is 4.36. The van der Waals surface area contributed by atoms with Gasteiger partial charge in [-0.1, -0.05) is 0 Å². The van der Waals surface area contributed by atoms with E-state index in [2.05, 4.69) is 37.3 Å². The molecule has 0 atom stereocenters. The molecule has 1 aromatic rings. The van der Waals surface area contributed by atoms with Crippen molar-refractivity contribution in [3.8, 4) is 0 Å². The SMILES string of the molecule is CCCCCCC[CH2][SnH2][c]1ccccc1. The third kappa shape index (κ3) is 6.99. The Hall–Kier alpha value is 0.0187. The fourth-order valence-corrected chi connectivity index (χ4v) is 6.55. The van der Waals surface area contributed by atoms with E-state index in [0.29, 0.717) is 0 Å². The van der Waals surface area contributed by atoms with Gasteiger partial charge in [0.05, 0.1) is 0 Å². The Kier molecular flexibility index (Phi) is 8.08. The van der Waals surface area contributed by atoms with Crippen molar-refractivity contribution in [1.82, 2.24) is 0 Å². The Balaban J connectivity index is 1.93. The van der Waals surface area contributed by atoms with Gasteiger partial charge in [-0.05, 0) is 0 Å². The Bertz CT molecular complexity index is 230. The number of rotatable bonds is 8. The van der Waals surface area contributed by atoms with Crippen LogP contribution in [0.2, 0.25) is 4.44 Å². The molecule has 0 aliphatic carbocycles. The molecule has 0 heterocycles. The van der Waals surface area contributed by atoms with Crippen LogP contribution < -0.4 is 3.58 Å². The summed E-state index contributed by atoms with van der Waals surface area (Å²) in [5.74, 6) is 0. The Morgan fingerprint density at radius 3 is 2.27 bits per heavy atom. The van der Waals surface area contributed by atoms with E-state index in [0.717, 1.165) is 0 Å². The van der Waals surface area contributed by atoms with Crippen molar-refractivity contribution < 1.29 is 0 Å². The van der Waals surface area contributed by atoms with Crippen LogP contribution in [0.1, 0.15) is 45.4 Å². The number of unbranched alkanes of at least 4 members (excludes halogenated alkanes) is 5. The third-order valence-electron chi connectivity index (χ3n) is 2.91. The molecule has 0 fully saturated rings. The fraction of sp³-hybridized carbons (Fsp3) is 0.571. The topological polar surface area (TPSA) is 0 Å². The van der Waals surface area contributed by atoms with Crippen LogP contribution >= 0.6 is 0 Å². The zero-order valence-corrected chi connectivity index (χ0v) is 14.1. The summed E-state index contributed by atoms with van der Waals surface area (Å²) in [6, 6.07) is 11.2. The Labute approximate surface area is 105 Å². The van der Waals surface area contributed by atoms with E-state index < -0.39 is 21.1 Å². The van der Waals surface area contributed by atoms with E-state index in [9.17, 15) is 0 Å². The minimum absolute atomic E-state index is 0.570. The molecular weight excluding hydrogens is 287 g/mol. The molecule has 0 amide bonds. The second-order valence-corrected chi connectivity index (χ2v) is 10.1. The van der Waals surface area contributed by atoms with Gasteiger partial charge in [0.2, 0.25) is 0 Å². The third-order valence-corrected chi connectivity index (χ3v) is 8.34. The molecule has 0 saturated heterocycles. The van der Waals surface area contributed by atoms with Crippen molar-refractivity contribution in [3.05, 3.63) is 30.3 Å². The molecule has 0 aliphatic rings. The van der Waals surface area contributed by atoms with E-state index in [1.54, 1.807) is 8.02 Å². The summed E-state index contributed by atoms with van der Waals surface area (Å²) >= 11 is -0.570. The van der Waals surface area contributed by atoms with Gasteiger partial charge in [-0.15, -0.1) is 0 Å². The predicted octanol–water partition coefficient (Wildman–Crippen LogP) is 3.26. The van der Waals surface area contributed by atoms with E-state index >= 15 is 0 Å². The van der Waals surface area contributed by atoms with E-state index in [4.69, 9.17) is 0 Å². The van der Waals surface area contributed by atoms with Crippen LogP contribution in [0.5, 0.6) is 0 Å². The van der Waals surface area contributed by atoms with Crippen LogP contribution in [0.25, 0.3) is 0 Å². The molecule has 1 aromatic carbocycles. The molecule has 1 heteroatoms. The average Bonchev–Trinajstić information content (AvgIpc) is 2.29. The first-order valence-corrected chi connectivity index (χ1v) is 11.3. The number of hydrogen-bond acceptors (Lipinski definition) is 0. The van der Waals surface area contributed by atoms with Gasteiger partial charge in [-0.3, -0.25) is 0 Å². The van der Waals surface area contributed by atoms with Crippen LogP contribution in [-0.2, 0) is 0 Å². The first-order chi connectivity index (χ1) is 7.43. The molecule has 84 valence electrons. The van der Waals surface area contributed by atoms with Gasteiger partial charge in [-0.25, -0.2) is 0 Å². The molecule has 0 bridgehead atoms. The first-order valence-electron chi connectivity index (χ1n) is 6.47. The molecule has 0 radical (unpaired) electrons. The zero-order chi connectivity index (χ0) is 10.8. The number of hydrogen-bond donors (Lipinski definition) is 0. The van der Waals surface area contributed by atoms with Gasteiger partial charge in [-0.2, -0.15) is 0 Å². The van der Waals surface area contributed by atoms with E-state index in [-0.39, 0.29) is 0 Å². The van der Waals surface area contributed by atoms with E-state index in [1.165, 1.54) is 38.5 Å². The van der Waals surface area contributed by atoms with E-state index in [1.807, 2.05) is 0 Å². The van der Waals surface area contributed by atoms with Crippen molar-refractivity contribution in [2.24, 2.45) is 0 Å². The molecule has 1 rings (SSSR count). The van der Waals surface area contributed by atoms with Crippen molar-refractivity contribution in [1.29, 1.82) is 0 Å². The van der Waals surface area contributed by atoms with Crippen LogP contribution in [0.15, 0.2) is 30.3 Å². The molecule has 0 unspecified atom stereocenters. The van der Waals surface area contributed by atoms with Gasteiger partial charge in [0.1, 0.15) is 0 Å². The predicted molar refractivity (Wildman–Crippen MR) is 72.8 cm³/mol.